The fraction of sp³-hybridized carbons (Fsp3) is 0.217. The SMILES string of the molecule is COc1cc2nc3nc(N=C(N)C=C(N)C(C)C)c4ccccc4n3c(=O)c2cc1OC. The third-order valence-electron chi connectivity index (χ3n) is 5.16. The number of hydrogen-bond acceptors (Lipinski definition) is 7. The van der Waals surface area contributed by atoms with E-state index in [1.54, 1.807) is 18.2 Å². The molecule has 0 spiro atoms. The van der Waals surface area contributed by atoms with Gasteiger partial charge >= 0.3 is 0 Å². The summed E-state index contributed by atoms with van der Waals surface area (Å²) in [6.07, 6.45) is 1.61. The van der Waals surface area contributed by atoms with E-state index in [4.69, 9.17) is 20.9 Å². The first-order chi connectivity index (χ1) is 15.3. The van der Waals surface area contributed by atoms with Crippen LogP contribution in [0.2, 0.25) is 0 Å². The number of hydrogen-bond donors (Lipinski definition) is 2. The smallest absolute Gasteiger partial charge is 0.267 e. The Hall–Kier alpha value is -4.14. The number of benzene rings is 2. The van der Waals surface area contributed by atoms with E-state index in [1.807, 2.05) is 38.1 Å². The van der Waals surface area contributed by atoms with Crippen molar-refractivity contribution in [3.05, 3.63) is 58.5 Å². The van der Waals surface area contributed by atoms with Gasteiger partial charge in [-0.2, -0.15) is 4.98 Å². The highest BCUT2D eigenvalue weighted by Crippen LogP contribution is 2.31. The molecule has 4 N–H and O–H groups in total. The van der Waals surface area contributed by atoms with E-state index < -0.39 is 0 Å². The minimum atomic E-state index is -0.276. The number of fused-ring (bicyclic) bond motifs is 4. The number of ether oxygens (including phenoxy) is 2. The van der Waals surface area contributed by atoms with Crippen LogP contribution in [0.15, 0.2) is 58.0 Å². The zero-order chi connectivity index (χ0) is 23.0. The fourth-order valence-electron chi connectivity index (χ4n) is 3.38. The van der Waals surface area contributed by atoms with Gasteiger partial charge in [-0.1, -0.05) is 26.0 Å². The van der Waals surface area contributed by atoms with Crippen LogP contribution >= 0.6 is 0 Å². The molecule has 9 nitrogen and oxygen atoms in total. The molecule has 0 radical (unpaired) electrons. The highest BCUT2D eigenvalue weighted by Gasteiger charge is 2.16. The summed E-state index contributed by atoms with van der Waals surface area (Å²) in [6.45, 7) is 3.93. The molecular weight excluding hydrogens is 408 g/mol. The van der Waals surface area contributed by atoms with Gasteiger partial charge in [0.15, 0.2) is 17.3 Å². The van der Waals surface area contributed by atoms with Crippen molar-refractivity contribution in [2.75, 3.05) is 14.2 Å². The predicted octanol–water partition coefficient (Wildman–Crippen LogP) is 2.90. The minimum absolute atomic E-state index is 0.128. The molecule has 32 heavy (non-hydrogen) atoms. The molecular formula is C23H24N6O3. The standard InChI is InChI=1S/C23H24N6O3/c1-12(2)15(24)10-20(25)27-21-13-7-5-6-8-17(13)29-22(30)14-9-18(31-3)19(32-4)11-16(14)26-23(29)28-21/h5-12H,24H2,1-4H3,(H2,25,26,27,28). The van der Waals surface area contributed by atoms with Crippen LogP contribution in [0.1, 0.15) is 13.8 Å². The van der Waals surface area contributed by atoms with Crippen molar-refractivity contribution in [2.45, 2.75) is 13.8 Å². The zero-order valence-electron chi connectivity index (χ0n) is 18.3. The lowest BCUT2D eigenvalue weighted by Crippen LogP contribution is -2.18. The Morgan fingerprint density at radius 2 is 1.75 bits per heavy atom. The summed E-state index contributed by atoms with van der Waals surface area (Å²) >= 11 is 0. The summed E-state index contributed by atoms with van der Waals surface area (Å²) < 4.78 is 12.1. The molecule has 0 bridgehead atoms. The van der Waals surface area contributed by atoms with Crippen molar-refractivity contribution in [2.24, 2.45) is 22.4 Å². The largest absolute Gasteiger partial charge is 0.493 e. The second-order valence-corrected chi connectivity index (χ2v) is 7.56. The number of para-hydroxylation sites is 1. The Balaban J connectivity index is 2.07. The average Bonchev–Trinajstić information content (AvgIpc) is 2.78. The van der Waals surface area contributed by atoms with E-state index in [2.05, 4.69) is 15.0 Å². The summed E-state index contributed by atoms with van der Waals surface area (Å²) in [5, 5.41) is 1.04. The number of methoxy groups -OCH3 is 2. The van der Waals surface area contributed by atoms with Gasteiger partial charge in [-0.3, -0.25) is 4.79 Å². The Morgan fingerprint density at radius 1 is 1.06 bits per heavy atom. The van der Waals surface area contributed by atoms with Gasteiger partial charge in [0.25, 0.3) is 5.56 Å². The lowest BCUT2D eigenvalue weighted by atomic mass is 10.1. The first-order valence-electron chi connectivity index (χ1n) is 10.0. The maximum absolute atomic E-state index is 13.4. The molecule has 0 atom stereocenters. The van der Waals surface area contributed by atoms with Crippen LogP contribution in [0.4, 0.5) is 5.82 Å². The molecule has 0 amide bonds. The maximum Gasteiger partial charge on any atom is 0.267 e. The van der Waals surface area contributed by atoms with Gasteiger partial charge in [0.1, 0.15) is 5.84 Å². The number of nitrogens with zero attached hydrogens (tertiary/aromatic N) is 4. The van der Waals surface area contributed by atoms with E-state index in [1.165, 1.54) is 18.6 Å². The minimum Gasteiger partial charge on any atom is -0.493 e. The van der Waals surface area contributed by atoms with Gasteiger partial charge in [-0.25, -0.2) is 14.4 Å². The van der Waals surface area contributed by atoms with Crippen molar-refractivity contribution in [3.8, 4) is 11.5 Å². The second kappa shape index (κ2) is 8.18. The van der Waals surface area contributed by atoms with E-state index in [9.17, 15) is 4.79 Å². The quantitative estimate of drug-likeness (QED) is 0.215. The highest BCUT2D eigenvalue weighted by atomic mass is 16.5. The molecule has 0 fully saturated rings. The zero-order valence-corrected chi connectivity index (χ0v) is 18.3. The van der Waals surface area contributed by atoms with E-state index in [-0.39, 0.29) is 23.1 Å². The normalized spacial score (nSPS) is 12.8. The van der Waals surface area contributed by atoms with Crippen LogP contribution in [-0.4, -0.2) is 34.4 Å². The molecule has 0 aliphatic heterocycles. The van der Waals surface area contributed by atoms with Gasteiger partial charge in [0, 0.05) is 17.1 Å². The number of aromatic nitrogens is 3. The van der Waals surface area contributed by atoms with Gasteiger partial charge < -0.3 is 20.9 Å². The highest BCUT2D eigenvalue weighted by molar-refractivity contribution is 5.98. The van der Waals surface area contributed by atoms with Gasteiger partial charge in [0.05, 0.1) is 30.6 Å². The molecule has 164 valence electrons. The Morgan fingerprint density at radius 3 is 2.44 bits per heavy atom. The number of nitrogens with two attached hydrogens (primary N) is 2. The molecule has 4 aromatic rings. The molecule has 0 saturated heterocycles. The number of rotatable bonds is 5. The van der Waals surface area contributed by atoms with Gasteiger partial charge in [-0.15, -0.1) is 0 Å². The Kier molecular flexibility index (Phi) is 5.40. The predicted molar refractivity (Wildman–Crippen MR) is 126 cm³/mol. The van der Waals surface area contributed by atoms with Gasteiger partial charge in [0.2, 0.25) is 5.78 Å². The van der Waals surface area contributed by atoms with Crippen molar-refractivity contribution >= 4 is 39.2 Å². The number of allylic oxidation sites excluding steroid dienone is 1. The summed E-state index contributed by atoms with van der Waals surface area (Å²) in [6, 6.07) is 10.6. The molecule has 0 saturated carbocycles. The molecule has 4 rings (SSSR count). The van der Waals surface area contributed by atoms with Crippen LogP contribution in [0.3, 0.4) is 0 Å². The van der Waals surface area contributed by atoms with Crippen molar-refractivity contribution in [1.82, 2.24) is 14.4 Å². The summed E-state index contributed by atoms with van der Waals surface area (Å²) in [5.41, 5.74) is 13.5. The van der Waals surface area contributed by atoms with Crippen LogP contribution in [0.5, 0.6) is 11.5 Å². The van der Waals surface area contributed by atoms with Crippen molar-refractivity contribution in [3.63, 3.8) is 0 Å². The van der Waals surface area contributed by atoms with E-state index in [0.717, 1.165) is 0 Å². The lowest BCUT2D eigenvalue weighted by Gasteiger charge is -2.11. The molecule has 9 heteroatoms. The number of amidine groups is 1. The van der Waals surface area contributed by atoms with Crippen molar-refractivity contribution < 1.29 is 9.47 Å². The van der Waals surface area contributed by atoms with Crippen LogP contribution in [0, 0.1) is 5.92 Å². The first-order valence-corrected chi connectivity index (χ1v) is 10.0. The average molecular weight is 432 g/mol. The number of aliphatic imine (C=N–C) groups is 1. The summed E-state index contributed by atoms with van der Waals surface area (Å²) in [4.78, 5) is 27.0. The van der Waals surface area contributed by atoms with Crippen LogP contribution in [0.25, 0.3) is 27.6 Å². The Bertz CT molecular complexity index is 1470. The summed E-state index contributed by atoms with van der Waals surface area (Å²) in [5.74, 6) is 1.79. The molecule has 0 unspecified atom stereocenters. The topological polar surface area (TPSA) is 130 Å². The van der Waals surface area contributed by atoms with Gasteiger partial charge in [-0.05, 0) is 30.2 Å². The van der Waals surface area contributed by atoms with E-state index >= 15 is 0 Å². The second-order valence-electron chi connectivity index (χ2n) is 7.56. The first kappa shape index (κ1) is 21.1. The van der Waals surface area contributed by atoms with Crippen LogP contribution in [-0.2, 0) is 0 Å². The van der Waals surface area contributed by atoms with Crippen molar-refractivity contribution in [1.29, 1.82) is 0 Å². The van der Waals surface area contributed by atoms with E-state index in [0.29, 0.717) is 44.8 Å². The molecule has 2 aromatic carbocycles. The third kappa shape index (κ3) is 3.58. The molecule has 0 aliphatic rings. The van der Waals surface area contributed by atoms with Crippen LogP contribution < -0.4 is 26.5 Å². The molecule has 0 aliphatic carbocycles. The Labute approximate surface area is 184 Å². The molecule has 2 aromatic heterocycles. The lowest BCUT2D eigenvalue weighted by molar-refractivity contribution is 0.355. The third-order valence-corrected chi connectivity index (χ3v) is 5.16. The fourth-order valence-corrected chi connectivity index (χ4v) is 3.38. The monoisotopic (exact) mass is 432 g/mol. The molecule has 2 heterocycles. The maximum atomic E-state index is 13.4. The summed E-state index contributed by atoms with van der Waals surface area (Å²) in [7, 11) is 3.04.